The number of ether oxygens (including phenoxy) is 1. The zero-order chi connectivity index (χ0) is 13.9. The molecule has 6 heteroatoms. The molecular weight excluding hydrogens is 258 g/mol. The van der Waals surface area contributed by atoms with E-state index in [1.54, 1.807) is 18.2 Å². The number of aromatic carboxylic acids is 1. The molecule has 0 aliphatic carbocycles. The van der Waals surface area contributed by atoms with Crippen molar-refractivity contribution in [1.29, 1.82) is 0 Å². The largest absolute Gasteiger partial charge is 0.478 e. The Morgan fingerprint density at radius 2 is 2.35 bits per heavy atom. The van der Waals surface area contributed by atoms with Gasteiger partial charge in [0.15, 0.2) is 0 Å². The van der Waals surface area contributed by atoms with Crippen LogP contribution in [0.4, 0.5) is 0 Å². The fourth-order valence-electron chi connectivity index (χ4n) is 2.57. The first-order valence-corrected chi connectivity index (χ1v) is 6.92. The summed E-state index contributed by atoms with van der Waals surface area (Å²) >= 11 is 0. The van der Waals surface area contributed by atoms with E-state index in [-0.39, 0.29) is 5.56 Å². The number of carbonyl (C=O) groups is 1. The molecule has 0 radical (unpaired) electrons. The molecule has 1 N–H and O–H groups in total. The minimum absolute atomic E-state index is 0.236. The minimum Gasteiger partial charge on any atom is -0.478 e. The number of aromatic nitrogens is 3. The van der Waals surface area contributed by atoms with Gasteiger partial charge in [0.2, 0.25) is 0 Å². The molecule has 3 rings (SSSR count). The minimum atomic E-state index is -0.947. The third-order valence-electron chi connectivity index (χ3n) is 3.70. The number of carboxylic acid groups (broad SMARTS) is 1. The van der Waals surface area contributed by atoms with Crippen molar-refractivity contribution in [3.63, 3.8) is 0 Å². The molecule has 1 aromatic heterocycles. The van der Waals surface area contributed by atoms with Gasteiger partial charge < -0.3 is 9.84 Å². The van der Waals surface area contributed by atoms with Gasteiger partial charge in [-0.25, -0.2) is 9.48 Å². The lowest BCUT2D eigenvalue weighted by molar-refractivity contribution is 0.00840. The molecule has 1 unspecified atom stereocenters. The summed E-state index contributed by atoms with van der Waals surface area (Å²) in [5, 5.41) is 17.1. The zero-order valence-corrected chi connectivity index (χ0v) is 11.2. The molecule has 6 nitrogen and oxygen atoms in total. The monoisotopic (exact) mass is 275 g/mol. The molecule has 106 valence electrons. The summed E-state index contributed by atoms with van der Waals surface area (Å²) in [6, 6.07) is 4.90. The first kappa shape index (κ1) is 13.1. The summed E-state index contributed by atoms with van der Waals surface area (Å²) in [5.74, 6) is -0.947. The maximum Gasteiger partial charge on any atom is 0.335 e. The van der Waals surface area contributed by atoms with Crippen molar-refractivity contribution in [3.8, 4) is 0 Å². The first-order valence-electron chi connectivity index (χ1n) is 6.92. The zero-order valence-electron chi connectivity index (χ0n) is 11.2. The molecule has 0 bridgehead atoms. The Kier molecular flexibility index (Phi) is 3.64. The summed E-state index contributed by atoms with van der Waals surface area (Å²) < 4.78 is 7.52. The first-order chi connectivity index (χ1) is 9.74. The van der Waals surface area contributed by atoms with Crippen LogP contribution < -0.4 is 0 Å². The van der Waals surface area contributed by atoms with E-state index in [9.17, 15) is 4.79 Å². The van der Waals surface area contributed by atoms with Crippen molar-refractivity contribution in [1.82, 2.24) is 15.0 Å². The van der Waals surface area contributed by atoms with Crippen LogP contribution in [-0.4, -0.2) is 38.8 Å². The SMILES string of the molecule is O=C(O)c1ccc2c(c1)nnn2CCC1CCCCO1. The average molecular weight is 275 g/mol. The smallest absolute Gasteiger partial charge is 0.335 e. The maximum atomic E-state index is 10.9. The fraction of sp³-hybridized carbons (Fsp3) is 0.500. The third-order valence-corrected chi connectivity index (χ3v) is 3.70. The van der Waals surface area contributed by atoms with Crippen molar-refractivity contribution in [2.24, 2.45) is 0 Å². The molecule has 20 heavy (non-hydrogen) atoms. The summed E-state index contributed by atoms with van der Waals surface area (Å²) in [5.41, 5.74) is 1.72. The van der Waals surface area contributed by atoms with Crippen LogP contribution in [0, 0.1) is 0 Å². The highest BCUT2D eigenvalue weighted by Crippen LogP contribution is 2.18. The van der Waals surface area contributed by atoms with Crippen LogP contribution in [-0.2, 0) is 11.3 Å². The fourth-order valence-corrected chi connectivity index (χ4v) is 2.57. The van der Waals surface area contributed by atoms with Gasteiger partial charge in [-0.05, 0) is 43.9 Å². The standard InChI is InChI=1S/C14H17N3O3/c18-14(19)10-4-5-13-12(9-10)15-16-17(13)7-6-11-3-1-2-8-20-11/h4-5,9,11H,1-3,6-8H2,(H,18,19). The Hall–Kier alpha value is -1.95. The Labute approximate surface area is 116 Å². The van der Waals surface area contributed by atoms with E-state index in [1.807, 2.05) is 4.68 Å². The summed E-state index contributed by atoms with van der Waals surface area (Å²) in [6.07, 6.45) is 4.71. The van der Waals surface area contributed by atoms with E-state index in [0.29, 0.717) is 11.6 Å². The molecule has 2 heterocycles. The molecule has 2 aromatic rings. The van der Waals surface area contributed by atoms with Crippen LogP contribution in [0.3, 0.4) is 0 Å². The number of hydrogen-bond donors (Lipinski definition) is 1. The molecule has 0 amide bonds. The molecular formula is C14H17N3O3. The molecule has 1 aromatic carbocycles. The molecule has 1 atom stereocenters. The second kappa shape index (κ2) is 5.58. The van der Waals surface area contributed by atoms with Gasteiger partial charge >= 0.3 is 5.97 Å². The summed E-state index contributed by atoms with van der Waals surface area (Å²) in [7, 11) is 0. The lowest BCUT2D eigenvalue weighted by Crippen LogP contribution is -2.21. The number of benzene rings is 1. The van der Waals surface area contributed by atoms with Gasteiger partial charge in [0.05, 0.1) is 17.2 Å². The highest BCUT2D eigenvalue weighted by Gasteiger charge is 2.15. The highest BCUT2D eigenvalue weighted by atomic mass is 16.5. The number of hydrogen-bond acceptors (Lipinski definition) is 4. The molecule has 1 aliphatic heterocycles. The number of rotatable bonds is 4. The van der Waals surface area contributed by atoms with Gasteiger partial charge in [0.1, 0.15) is 5.52 Å². The lowest BCUT2D eigenvalue weighted by Gasteiger charge is -2.22. The Morgan fingerprint density at radius 1 is 1.45 bits per heavy atom. The maximum absolute atomic E-state index is 10.9. The van der Waals surface area contributed by atoms with Gasteiger partial charge in [-0.15, -0.1) is 5.10 Å². The van der Waals surface area contributed by atoms with E-state index in [4.69, 9.17) is 9.84 Å². The summed E-state index contributed by atoms with van der Waals surface area (Å²) in [6.45, 7) is 1.60. The molecule has 1 aliphatic rings. The van der Waals surface area contributed by atoms with Crippen molar-refractivity contribution < 1.29 is 14.6 Å². The van der Waals surface area contributed by atoms with E-state index in [1.165, 1.54) is 6.42 Å². The number of aryl methyl sites for hydroxylation is 1. The van der Waals surface area contributed by atoms with Gasteiger partial charge in [-0.2, -0.15) is 0 Å². The quantitative estimate of drug-likeness (QED) is 0.924. The summed E-state index contributed by atoms with van der Waals surface area (Å²) in [4.78, 5) is 10.9. The highest BCUT2D eigenvalue weighted by molar-refractivity contribution is 5.92. The second-order valence-electron chi connectivity index (χ2n) is 5.10. The molecule has 1 fully saturated rings. The van der Waals surface area contributed by atoms with E-state index >= 15 is 0 Å². The van der Waals surface area contributed by atoms with Gasteiger partial charge in [0.25, 0.3) is 0 Å². The van der Waals surface area contributed by atoms with Crippen molar-refractivity contribution in [2.75, 3.05) is 6.61 Å². The predicted octanol–water partition coefficient (Wildman–Crippen LogP) is 2.09. The van der Waals surface area contributed by atoms with Crippen LogP contribution >= 0.6 is 0 Å². The van der Waals surface area contributed by atoms with Crippen LogP contribution in [0.25, 0.3) is 11.0 Å². The predicted molar refractivity (Wildman–Crippen MR) is 72.7 cm³/mol. The average Bonchev–Trinajstić information content (AvgIpc) is 2.88. The van der Waals surface area contributed by atoms with Crippen LogP contribution in [0.1, 0.15) is 36.0 Å². The van der Waals surface area contributed by atoms with Crippen molar-refractivity contribution in [2.45, 2.75) is 38.3 Å². The van der Waals surface area contributed by atoms with E-state index < -0.39 is 5.97 Å². The van der Waals surface area contributed by atoms with Crippen LogP contribution in [0.2, 0.25) is 0 Å². The second-order valence-corrected chi connectivity index (χ2v) is 5.10. The Morgan fingerprint density at radius 3 is 3.10 bits per heavy atom. The topological polar surface area (TPSA) is 77.2 Å². The third kappa shape index (κ3) is 2.65. The lowest BCUT2D eigenvalue weighted by atomic mass is 10.1. The van der Waals surface area contributed by atoms with Gasteiger partial charge in [-0.3, -0.25) is 0 Å². The molecule has 0 spiro atoms. The van der Waals surface area contributed by atoms with Crippen LogP contribution in [0.5, 0.6) is 0 Å². The Bertz CT molecular complexity index is 617. The Balaban J connectivity index is 1.73. The number of fused-ring (bicyclic) bond motifs is 1. The van der Waals surface area contributed by atoms with Crippen LogP contribution in [0.15, 0.2) is 18.2 Å². The number of nitrogens with zero attached hydrogens (tertiary/aromatic N) is 3. The van der Waals surface area contributed by atoms with Crippen molar-refractivity contribution >= 4 is 17.0 Å². The van der Waals surface area contributed by atoms with E-state index in [0.717, 1.165) is 37.9 Å². The number of carboxylic acids is 1. The van der Waals surface area contributed by atoms with Gasteiger partial charge in [0, 0.05) is 13.2 Å². The molecule has 0 saturated carbocycles. The van der Waals surface area contributed by atoms with Gasteiger partial charge in [-0.1, -0.05) is 5.21 Å². The van der Waals surface area contributed by atoms with E-state index in [2.05, 4.69) is 10.3 Å². The normalized spacial score (nSPS) is 19.3. The van der Waals surface area contributed by atoms with Crippen molar-refractivity contribution in [3.05, 3.63) is 23.8 Å². The molecule has 1 saturated heterocycles.